The summed E-state index contributed by atoms with van der Waals surface area (Å²) in [6, 6.07) is 33.0. The first-order valence-corrected chi connectivity index (χ1v) is 9.51. The van der Waals surface area contributed by atoms with Crippen LogP contribution in [-0.4, -0.2) is 14.2 Å². The molecule has 0 saturated carbocycles. The van der Waals surface area contributed by atoms with Gasteiger partial charge in [0.15, 0.2) is 0 Å². The zero-order valence-electron chi connectivity index (χ0n) is 16.6. The van der Waals surface area contributed by atoms with Gasteiger partial charge < -0.3 is 14.8 Å². The molecule has 0 fully saturated rings. The molecular weight excluding hydrogens is 358 g/mol. The summed E-state index contributed by atoms with van der Waals surface area (Å²) in [5.41, 5.74) is 6.79. The Morgan fingerprint density at radius 2 is 0.690 bits per heavy atom. The third-order valence-corrected chi connectivity index (χ3v) is 4.91. The van der Waals surface area contributed by atoms with Gasteiger partial charge in [0.1, 0.15) is 11.5 Å². The first-order valence-electron chi connectivity index (χ1n) is 9.51. The van der Waals surface area contributed by atoms with E-state index in [0.29, 0.717) is 0 Å². The molecule has 0 atom stereocenters. The molecule has 0 spiro atoms. The highest BCUT2D eigenvalue weighted by Gasteiger charge is 2.02. The lowest BCUT2D eigenvalue weighted by molar-refractivity contribution is 0.415. The van der Waals surface area contributed by atoms with Crippen LogP contribution in [0.3, 0.4) is 0 Å². The van der Waals surface area contributed by atoms with Crippen molar-refractivity contribution in [2.45, 2.75) is 0 Å². The van der Waals surface area contributed by atoms with Gasteiger partial charge in [-0.15, -0.1) is 0 Å². The van der Waals surface area contributed by atoms with Gasteiger partial charge in [0.05, 0.1) is 14.2 Å². The summed E-state index contributed by atoms with van der Waals surface area (Å²) >= 11 is 0. The molecule has 0 aliphatic rings. The maximum Gasteiger partial charge on any atom is 0.118 e. The van der Waals surface area contributed by atoms with E-state index >= 15 is 0 Å². The van der Waals surface area contributed by atoms with Crippen LogP contribution < -0.4 is 14.8 Å². The Kier molecular flexibility index (Phi) is 5.48. The smallest absolute Gasteiger partial charge is 0.118 e. The number of anilines is 2. The molecule has 4 rings (SSSR count). The second-order valence-electron chi connectivity index (χ2n) is 6.74. The van der Waals surface area contributed by atoms with Crippen LogP contribution in [0, 0.1) is 0 Å². The average Bonchev–Trinajstić information content (AvgIpc) is 2.80. The van der Waals surface area contributed by atoms with Crippen molar-refractivity contribution in [2.24, 2.45) is 0 Å². The highest BCUT2D eigenvalue weighted by Crippen LogP contribution is 2.27. The van der Waals surface area contributed by atoms with Crippen molar-refractivity contribution in [3.8, 4) is 33.8 Å². The number of hydrogen-bond acceptors (Lipinski definition) is 3. The van der Waals surface area contributed by atoms with Gasteiger partial charge in [-0.1, -0.05) is 48.5 Å². The quantitative estimate of drug-likeness (QED) is 0.399. The highest BCUT2D eigenvalue weighted by atomic mass is 16.5. The van der Waals surface area contributed by atoms with E-state index in [4.69, 9.17) is 9.47 Å². The number of hydrogen-bond donors (Lipinski definition) is 1. The summed E-state index contributed by atoms with van der Waals surface area (Å²) in [4.78, 5) is 0. The Labute approximate surface area is 171 Å². The normalized spacial score (nSPS) is 10.4. The number of rotatable bonds is 6. The van der Waals surface area contributed by atoms with Crippen molar-refractivity contribution in [1.29, 1.82) is 0 Å². The molecule has 4 aromatic carbocycles. The molecule has 0 heterocycles. The molecular formula is C26H23NO2. The number of methoxy groups -OCH3 is 2. The fourth-order valence-electron chi connectivity index (χ4n) is 3.23. The largest absolute Gasteiger partial charge is 0.497 e. The van der Waals surface area contributed by atoms with Crippen LogP contribution in [0.5, 0.6) is 11.5 Å². The summed E-state index contributed by atoms with van der Waals surface area (Å²) in [5, 5.41) is 3.46. The summed E-state index contributed by atoms with van der Waals surface area (Å²) < 4.78 is 10.4. The van der Waals surface area contributed by atoms with Gasteiger partial charge in [-0.05, 0) is 70.8 Å². The van der Waals surface area contributed by atoms with E-state index in [1.807, 2.05) is 24.3 Å². The second kappa shape index (κ2) is 8.53. The Bertz CT molecular complexity index is 963. The van der Waals surface area contributed by atoms with E-state index in [-0.39, 0.29) is 0 Å². The maximum absolute atomic E-state index is 5.22. The van der Waals surface area contributed by atoms with E-state index in [9.17, 15) is 0 Å². The monoisotopic (exact) mass is 381 g/mol. The zero-order chi connectivity index (χ0) is 20.1. The summed E-state index contributed by atoms with van der Waals surface area (Å²) in [6.45, 7) is 0. The molecule has 0 aliphatic heterocycles. The maximum atomic E-state index is 5.22. The van der Waals surface area contributed by atoms with Crippen LogP contribution in [-0.2, 0) is 0 Å². The lowest BCUT2D eigenvalue weighted by Gasteiger charge is -2.10. The molecule has 0 amide bonds. The van der Waals surface area contributed by atoms with Crippen molar-refractivity contribution in [2.75, 3.05) is 19.5 Å². The first kappa shape index (κ1) is 18.6. The SMILES string of the molecule is COc1ccc(-c2ccc(Nc3ccc(-c4ccc(OC)cc4)cc3)cc2)cc1. The van der Waals surface area contributed by atoms with Gasteiger partial charge in [0.2, 0.25) is 0 Å². The molecule has 0 aromatic heterocycles. The van der Waals surface area contributed by atoms with Crippen LogP contribution in [0.2, 0.25) is 0 Å². The average molecular weight is 381 g/mol. The Morgan fingerprint density at radius 3 is 0.966 bits per heavy atom. The predicted octanol–water partition coefficient (Wildman–Crippen LogP) is 6.78. The summed E-state index contributed by atoms with van der Waals surface area (Å²) in [7, 11) is 3.36. The second-order valence-corrected chi connectivity index (χ2v) is 6.74. The molecule has 0 unspecified atom stereocenters. The predicted molar refractivity (Wildman–Crippen MR) is 120 cm³/mol. The van der Waals surface area contributed by atoms with Crippen molar-refractivity contribution in [1.82, 2.24) is 0 Å². The van der Waals surface area contributed by atoms with Crippen molar-refractivity contribution < 1.29 is 9.47 Å². The van der Waals surface area contributed by atoms with Gasteiger partial charge in [-0.25, -0.2) is 0 Å². The highest BCUT2D eigenvalue weighted by molar-refractivity contribution is 5.71. The van der Waals surface area contributed by atoms with Crippen LogP contribution in [0.15, 0.2) is 97.1 Å². The molecule has 0 bridgehead atoms. The number of nitrogens with one attached hydrogen (secondary N) is 1. The third kappa shape index (κ3) is 4.41. The lowest BCUT2D eigenvalue weighted by atomic mass is 10.0. The van der Waals surface area contributed by atoms with Crippen LogP contribution in [0.25, 0.3) is 22.3 Å². The number of ether oxygens (including phenoxy) is 2. The molecule has 1 N–H and O–H groups in total. The third-order valence-electron chi connectivity index (χ3n) is 4.91. The molecule has 4 aromatic rings. The van der Waals surface area contributed by atoms with Crippen molar-refractivity contribution in [3.63, 3.8) is 0 Å². The molecule has 0 aliphatic carbocycles. The first-order chi connectivity index (χ1) is 14.2. The van der Waals surface area contributed by atoms with E-state index in [2.05, 4.69) is 78.1 Å². The van der Waals surface area contributed by atoms with Gasteiger partial charge in [-0.2, -0.15) is 0 Å². The topological polar surface area (TPSA) is 30.5 Å². The van der Waals surface area contributed by atoms with Gasteiger partial charge >= 0.3 is 0 Å². The van der Waals surface area contributed by atoms with Gasteiger partial charge in [0.25, 0.3) is 0 Å². The van der Waals surface area contributed by atoms with Crippen LogP contribution in [0.1, 0.15) is 0 Å². The standard InChI is InChI=1S/C26H23NO2/c1-28-25-15-7-21(8-16-25)19-3-11-23(12-4-19)27-24-13-5-20(6-14-24)22-9-17-26(29-2)18-10-22/h3-18,27H,1-2H3. The minimum atomic E-state index is 0.866. The fraction of sp³-hybridized carbons (Fsp3) is 0.0769. The van der Waals surface area contributed by atoms with Gasteiger partial charge in [-0.3, -0.25) is 0 Å². The number of benzene rings is 4. The van der Waals surface area contributed by atoms with Crippen molar-refractivity contribution >= 4 is 11.4 Å². The van der Waals surface area contributed by atoms with E-state index < -0.39 is 0 Å². The van der Waals surface area contributed by atoms with E-state index in [1.165, 1.54) is 22.3 Å². The van der Waals surface area contributed by atoms with E-state index in [1.54, 1.807) is 14.2 Å². The minimum absolute atomic E-state index is 0.866. The van der Waals surface area contributed by atoms with Crippen molar-refractivity contribution in [3.05, 3.63) is 97.1 Å². The van der Waals surface area contributed by atoms with E-state index in [0.717, 1.165) is 22.9 Å². The van der Waals surface area contributed by atoms with Gasteiger partial charge in [0, 0.05) is 11.4 Å². The Morgan fingerprint density at radius 1 is 0.414 bits per heavy atom. The molecule has 0 radical (unpaired) electrons. The minimum Gasteiger partial charge on any atom is -0.497 e. The summed E-state index contributed by atoms with van der Waals surface area (Å²) in [6.07, 6.45) is 0. The van der Waals surface area contributed by atoms with Crippen LogP contribution in [0.4, 0.5) is 11.4 Å². The summed E-state index contributed by atoms with van der Waals surface area (Å²) in [5.74, 6) is 1.73. The molecule has 144 valence electrons. The van der Waals surface area contributed by atoms with Crippen LogP contribution >= 0.6 is 0 Å². The molecule has 29 heavy (non-hydrogen) atoms. The molecule has 3 nitrogen and oxygen atoms in total. The molecule has 0 saturated heterocycles. The molecule has 3 heteroatoms. The zero-order valence-corrected chi connectivity index (χ0v) is 16.6. The lowest BCUT2D eigenvalue weighted by Crippen LogP contribution is -1.90. The fourth-order valence-corrected chi connectivity index (χ4v) is 3.23. The Hall–Kier alpha value is -3.72. The Balaban J connectivity index is 1.44.